The van der Waals surface area contributed by atoms with E-state index in [1.54, 1.807) is 6.07 Å². The van der Waals surface area contributed by atoms with Gasteiger partial charge >= 0.3 is 5.97 Å². The highest BCUT2D eigenvalue weighted by molar-refractivity contribution is 8.01. The summed E-state index contributed by atoms with van der Waals surface area (Å²) in [6.45, 7) is 2.99. The Morgan fingerprint density at radius 2 is 2.08 bits per heavy atom. The van der Waals surface area contributed by atoms with Gasteiger partial charge in [-0.05, 0) is 17.7 Å². The summed E-state index contributed by atoms with van der Waals surface area (Å²) in [6.07, 6.45) is -0.700. The highest BCUT2D eigenvalue weighted by Crippen LogP contribution is 2.24. The molecule has 0 radical (unpaired) electrons. The summed E-state index contributed by atoms with van der Waals surface area (Å²) in [5.74, 6) is -3.13. The lowest BCUT2D eigenvalue weighted by molar-refractivity contribution is -0.140. The molecule has 1 aliphatic heterocycles. The van der Waals surface area contributed by atoms with Crippen molar-refractivity contribution >= 4 is 70.0 Å². The minimum atomic E-state index is -1.45. The minimum absolute atomic E-state index is 0.0127. The molecule has 2 heterocycles. The fourth-order valence-corrected chi connectivity index (χ4v) is 5.37. The number of hydrogen-bond donors (Lipinski definition) is 4. The first kappa shape index (κ1) is 29.1. The molecule has 0 aliphatic carbocycles. The molecule has 0 bridgehead atoms. The number of amides is 3. The van der Waals surface area contributed by atoms with E-state index in [9.17, 15) is 19.2 Å². The number of nitrogens with zero attached hydrogens (tertiary/aromatic N) is 2. The lowest BCUT2D eigenvalue weighted by atomic mass is 10.2. The maximum Gasteiger partial charge on any atom is 0.326 e. The molecule has 1 fully saturated rings. The number of nitrogens with one attached hydrogen (secondary N) is 2. The molecule has 1 aromatic heterocycles. The molecule has 0 spiro atoms. The number of morpholine rings is 1. The van der Waals surface area contributed by atoms with Crippen molar-refractivity contribution in [2.24, 2.45) is 5.73 Å². The number of carboxylic acids is 1. The Morgan fingerprint density at radius 3 is 2.78 bits per heavy atom. The van der Waals surface area contributed by atoms with Gasteiger partial charge in [-0.15, -0.1) is 11.3 Å². The van der Waals surface area contributed by atoms with Gasteiger partial charge < -0.3 is 26.2 Å². The number of halogens is 2. The zero-order valence-corrected chi connectivity index (χ0v) is 22.6. The van der Waals surface area contributed by atoms with Crippen LogP contribution in [0.2, 0.25) is 10.0 Å². The van der Waals surface area contributed by atoms with Gasteiger partial charge in [-0.2, -0.15) is 0 Å². The van der Waals surface area contributed by atoms with E-state index in [1.807, 2.05) is 12.1 Å². The molecule has 2 atom stereocenters. The number of carbonyl (C=O) groups is 4. The molecule has 11 nitrogen and oxygen atoms in total. The van der Waals surface area contributed by atoms with Gasteiger partial charge in [-0.3, -0.25) is 19.3 Å². The molecule has 15 heteroatoms. The average molecular weight is 591 g/mol. The third-order valence-corrected chi connectivity index (χ3v) is 7.95. The number of carbonyl (C=O) groups excluding carboxylic acids is 3. The van der Waals surface area contributed by atoms with Gasteiger partial charge in [0.2, 0.25) is 11.8 Å². The van der Waals surface area contributed by atoms with E-state index in [0.29, 0.717) is 40.6 Å². The topological polar surface area (TPSA) is 164 Å². The van der Waals surface area contributed by atoms with Gasteiger partial charge in [0.25, 0.3) is 5.91 Å². The molecule has 200 valence electrons. The molecule has 2 aromatic rings. The minimum Gasteiger partial charge on any atom is -0.480 e. The van der Waals surface area contributed by atoms with Crippen LogP contribution in [-0.2, 0) is 25.7 Å². The van der Waals surface area contributed by atoms with Crippen molar-refractivity contribution in [3.05, 3.63) is 44.9 Å². The van der Waals surface area contributed by atoms with Gasteiger partial charge in [0.05, 0.1) is 34.9 Å². The zero-order chi connectivity index (χ0) is 26.9. The second kappa shape index (κ2) is 13.9. The predicted octanol–water partition coefficient (Wildman–Crippen LogP) is 1.62. The van der Waals surface area contributed by atoms with Crippen LogP contribution >= 0.6 is 46.3 Å². The summed E-state index contributed by atoms with van der Waals surface area (Å²) >= 11 is 14.4. The Labute approximate surface area is 231 Å². The van der Waals surface area contributed by atoms with E-state index in [4.69, 9.17) is 38.8 Å². The molecule has 1 aliphatic rings. The highest BCUT2D eigenvalue weighted by Gasteiger charge is 2.24. The lowest BCUT2D eigenvalue weighted by Crippen LogP contribution is -2.47. The summed E-state index contributed by atoms with van der Waals surface area (Å²) in [5, 5.41) is 16.6. The van der Waals surface area contributed by atoms with Crippen LogP contribution in [0.3, 0.4) is 0 Å². The van der Waals surface area contributed by atoms with Crippen molar-refractivity contribution in [2.45, 2.75) is 29.5 Å². The smallest absolute Gasteiger partial charge is 0.326 e. The van der Waals surface area contributed by atoms with Gasteiger partial charge in [0, 0.05) is 31.6 Å². The quantitative estimate of drug-likeness (QED) is 0.269. The number of rotatable bonds is 12. The first-order valence-corrected chi connectivity index (χ1v) is 13.7. The zero-order valence-electron chi connectivity index (χ0n) is 19.4. The van der Waals surface area contributed by atoms with Crippen molar-refractivity contribution in [1.29, 1.82) is 0 Å². The van der Waals surface area contributed by atoms with Crippen molar-refractivity contribution in [1.82, 2.24) is 20.5 Å². The number of hydrogen-bond acceptors (Lipinski definition) is 9. The number of aliphatic carboxylic acids is 1. The number of aromatic nitrogens is 1. The molecule has 5 N–H and O–H groups in total. The molecule has 1 aromatic carbocycles. The van der Waals surface area contributed by atoms with E-state index in [1.165, 1.54) is 5.38 Å². The predicted molar refractivity (Wildman–Crippen MR) is 140 cm³/mol. The normalized spacial score (nSPS) is 16.6. The summed E-state index contributed by atoms with van der Waals surface area (Å²) in [4.78, 5) is 53.1. The average Bonchev–Trinajstić information content (AvgIpc) is 3.32. The van der Waals surface area contributed by atoms with Gasteiger partial charge in [-0.25, -0.2) is 9.78 Å². The second-order valence-corrected chi connectivity index (χ2v) is 11.0. The number of ether oxygens (including phenoxy) is 1. The van der Waals surface area contributed by atoms with E-state index in [0.717, 1.165) is 35.2 Å². The largest absolute Gasteiger partial charge is 0.480 e. The standard InChI is InChI=1S/C22H25Cl2N5O6S2/c23-14-2-1-12(5-15(14)24)8-29-3-4-35-13(9-29)7-26-19(31)11-37-22-28-17(10-36-22)20(32)27-16(21(33)34)6-18(25)30/h1-2,5,10,13,16H,3-4,6-9,11H2,(H2,25,30)(H,26,31)(H,27,32)(H,33,34)/t13-,16-/m0/s1. The summed E-state index contributed by atoms with van der Waals surface area (Å²) in [5.41, 5.74) is 6.04. The van der Waals surface area contributed by atoms with Crippen LogP contribution in [0.15, 0.2) is 27.9 Å². The Balaban J connectivity index is 1.40. The number of thiazole rings is 1. The molecular weight excluding hydrogens is 565 g/mol. The maximum absolute atomic E-state index is 12.3. The van der Waals surface area contributed by atoms with Crippen molar-refractivity contribution < 1.29 is 29.0 Å². The van der Waals surface area contributed by atoms with E-state index >= 15 is 0 Å². The Morgan fingerprint density at radius 1 is 1.30 bits per heavy atom. The summed E-state index contributed by atoms with van der Waals surface area (Å²) in [6, 6.07) is 4.09. The van der Waals surface area contributed by atoms with Crippen LogP contribution < -0.4 is 16.4 Å². The summed E-state index contributed by atoms with van der Waals surface area (Å²) < 4.78 is 6.23. The van der Waals surface area contributed by atoms with Crippen molar-refractivity contribution in [3.8, 4) is 0 Å². The molecule has 0 unspecified atom stereocenters. The first-order valence-electron chi connectivity index (χ1n) is 11.1. The Bertz CT molecular complexity index is 1150. The van der Waals surface area contributed by atoms with Crippen LogP contribution in [0.4, 0.5) is 0 Å². The second-order valence-electron chi connectivity index (χ2n) is 8.10. The van der Waals surface area contributed by atoms with Crippen LogP contribution in [0.5, 0.6) is 0 Å². The Hall–Kier alpha value is -2.42. The molecule has 3 rings (SSSR count). The molecule has 1 saturated heterocycles. The number of nitrogens with two attached hydrogens (primary N) is 1. The van der Waals surface area contributed by atoms with E-state index in [2.05, 4.69) is 20.5 Å². The van der Waals surface area contributed by atoms with Crippen LogP contribution in [0.1, 0.15) is 22.5 Å². The number of thioether (sulfide) groups is 1. The van der Waals surface area contributed by atoms with Crippen LogP contribution in [0.25, 0.3) is 0 Å². The third kappa shape index (κ3) is 9.43. The fourth-order valence-electron chi connectivity index (χ4n) is 3.41. The SMILES string of the molecule is NC(=O)C[C@H](NC(=O)c1csc(SCC(=O)NC[C@H]2CN(Cc3ccc(Cl)c(Cl)c3)CCO2)n1)C(=O)O. The van der Waals surface area contributed by atoms with Crippen molar-refractivity contribution in [3.63, 3.8) is 0 Å². The number of benzene rings is 1. The van der Waals surface area contributed by atoms with Crippen molar-refractivity contribution in [2.75, 3.05) is 32.0 Å². The molecule has 3 amide bonds. The van der Waals surface area contributed by atoms with Crippen LogP contribution in [-0.4, -0.2) is 82.8 Å². The monoisotopic (exact) mass is 589 g/mol. The molecular formula is C22H25Cl2N5O6S2. The molecule has 0 saturated carbocycles. The third-order valence-electron chi connectivity index (χ3n) is 5.19. The molecule has 37 heavy (non-hydrogen) atoms. The van der Waals surface area contributed by atoms with E-state index in [-0.39, 0.29) is 23.5 Å². The van der Waals surface area contributed by atoms with Gasteiger partial charge in [0.15, 0.2) is 4.34 Å². The van der Waals surface area contributed by atoms with E-state index < -0.39 is 30.2 Å². The maximum atomic E-state index is 12.3. The fraction of sp³-hybridized carbons (Fsp3) is 0.409. The number of primary amides is 1. The van der Waals surface area contributed by atoms with Gasteiger partial charge in [-0.1, -0.05) is 41.0 Å². The summed E-state index contributed by atoms with van der Waals surface area (Å²) in [7, 11) is 0. The first-order chi connectivity index (χ1) is 17.6. The number of carboxylic acid groups (broad SMARTS) is 1. The lowest BCUT2D eigenvalue weighted by Gasteiger charge is -2.33. The van der Waals surface area contributed by atoms with Crippen LogP contribution in [0, 0.1) is 0 Å². The van der Waals surface area contributed by atoms with Gasteiger partial charge in [0.1, 0.15) is 11.7 Å². The Kier molecular flexibility index (Phi) is 11.0. The highest BCUT2D eigenvalue weighted by atomic mass is 35.5.